The molecule has 0 fully saturated rings. The molecule has 2 aromatic rings. The Kier molecular flexibility index (Phi) is 9.30. The third kappa shape index (κ3) is 5.75. The fourth-order valence-electron chi connectivity index (χ4n) is 2.03. The predicted octanol–water partition coefficient (Wildman–Crippen LogP) is 2.32. The quantitative estimate of drug-likeness (QED) is 0.302. The number of aromatic nitrogens is 2. The fourth-order valence-corrected chi connectivity index (χ4v) is 3.32. The molecule has 2 rings (SSSR count). The van der Waals surface area contributed by atoms with Crippen LogP contribution in [0, 0.1) is 0 Å². The SMILES string of the molecule is COc1cc2ncnc(SCCCCNS(=O)[O-])c2cc1OC.Cl. The lowest BCUT2D eigenvalue weighted by atomic mass is 10.2. The highest BCUT2D eigenvalue weighted by Crippen LogP contribution is 2.34. The number of methoxy groups -OCH3 is 2. The normalized spacial score (nSPS) is 11.8. The summed E-state index contributed by atoms with van der Waals surface area (Å²) in [7, 11) is 3.18. The molecule has 0 aliphatic rings. The van der Waals surface area contributed by atoms with E-state index >= 15 is 0 Å². The molecule has 0 saturated heterocycles. The second kappa shape index (κ2) is 10.7. The minimum atomic E-state index is -2.19. The minimum Gasteiger partial charge on any atom is -0.760 e. The van der Waals surface area contributed by atoms with Crippen molar-refractivity contribution in [2.45, 2.75) is 17.9 Å². The number of benzene rings is 1. The van der Waals surface area contributed by atoms with E-state index in [4.69, 9.17) is 9.47 Å². The summed E-state index contributed by atoms with van der Waals surface area (Å²) in [5, 5.41) is 1.78. The maximum Gasteiger partial charge on any atom is 0.162 e. The van der Waals surface area contributed by atoms with Crippen molar-refractivity contribution in [2.75, 3.05) is 26.5 Å². The lowest BCUT2D eigenvalue weighted by molar-refractivity contribution is 0.355. The summed E-state index contributed by atoms with van der Waals surface area (Å²) < 4.78 is 33.7. The molecule has 0 aliphatic carbocycles. The molecular formula is C14H19ClN3O4S2-. The number of hydrogen-bond donors (Lipinski definition) is 1. The van der Waals surface area contributed by atoms with Gasteiger partial charge in [-0.05, 0) is 24.7 Å². The molecule has 134 valence electrons. The van der Waals surface area contributed by atoms with Gasteiger partial charge in [0, 0.05) is 29.3 Å². The zero-order valence-corrected chi connectivity index (χ0v) is 15.8. The van der Waals surface area contributed by atoms with Crippen LogP contribution in [0.2, 0.25) is 0 Å². The first-order chi connectivity index (χ1) is 11.2. The zero-order valence-electron chi connectivity index (χ0n) is 13.3. The van der Waals surface area contributed by atoms with Gasteiger partial charge in [0.15, 0.2) is 11.5 Å². The molecule has 10 heteroatoms. The molecule has 0 spiro atoms. The molecule has 1 aromatic carbocycles. The Bertz CT molecular complexity index is 690. The summed E-state index contributed by atoms with van der Waals surface area (Å²) in [5.74, 6) is 2.11. The number of hydrogen-bond acceptors (Lipinski definition) is 7. The third-order valence-electron chi connectivity index (χ3n) is 3.13. The van der Waals surface area contributed by atoms with Gasteiger partial charge in [-0.1, -0.05) is 0 Å². The van der Waals surface area contributed by atoms with Crippen molar-refractivity contribution in [3.63, 3.8) is 0 Å². The first kappa shape index (κ1) is 20.9. The van der Waals surface area contributed by atoms with Crippen molar-refractivity contribution in [3.8, 4) is 11.5 Å². The molecule has 0 radical (unpaired) electrons. The molecule has 1 N–H and O–H groups in total. The van der Waals surface area contributed by atoms with E-state index in [9.17, 15) is 8.76 Å². The van der Waals surface area contributed by atoms with Crippen LogP contribution in [-0.4, -0.2) is 45.2 Å². The van der Waals surface area contributed by atoms with E-state index in [2.05, 4.69) is 14.7 Å². The summed E-state index contributed by atoms with van der Waals surface area (Å²) in [6.45, 7) is 0.451. The van der Waals surface area contributed by atoms with E-state index in [0.29, 0.717) is 18.0 Å². The van der Waals surface area contributed by atoms with Gasteiger partial charge in [-0.3, -0.25) is 4.21 Å². The van der Waals surface area contributed by atoms with Gasteiger partial charge in [0.1, 0.15) is 11.4 Å². The predicted molar refractivity (Wildman–Crippen MR) is 96.8 cm³/mol. The highest BCUT2D eigenvalue weighted by molar-refractivity contribution is 7.99. The van der Waals surface area contributed by atoms with Gasteiger partial charge in [-0.15, -0.1) is 24.2 Å². The first-order valence-corrected chi connectivity index (χ1v) is 9.04. The van der Waals surface area contributed by atoms with Crippen LogP contribution < -0.4 is 14.2 Å². The molecular weight excluding hydrogens is 374 g/mol. The molecule has 0 amide bonds. The Morgan fingerprint density at radius 3 is 2.58 bits per heavy atom. The van der Waals surface area contributed by atoms with Gasteiger partial charge in [0.25, 0.3) is 0 Å². The van der Waals surface area contributed by atoms with Crippen LogP contribution in [0.3, 0.4) is 0 Å². The molecule has 7 nitrogen and oxygen atoms in total. The second-order valence-electron chi connectivity index (χ2n) is 4.59. The number of thioether (sulfide) groups is 1. The average Bonchev–Trinajstić information content (AvgIpc) is 2.56. The Labute approximate surface area is 153 Å². The lowest BCUT2D eigenvalue weighted by Crippen LogP contribution is -2.17. The molecule has 1 atom stereocenters. The van der Waals surface area contributed by atoms with Crippen LogP contribution in [-0.2, 0) is 11.3 Å². The maximum absolute atomic E-state index is 10.4. The van der Waals surface area contributed by atoms with E-state index in [1.54, 1.807) is 26.0 Å². The summed E-state index contributed by atoms with van der Waals surface area (Å²) in [4.78, 5) is 8.59. The van der Waals surface area contributed by atoms with Gasteiger partial charge in [-0.2, -0.15) is 0 Å². The van der Waals surface area contributed by atoms with E-state index in [1.807, 2.05) is 12.1 Å². The summed E-state index contributed by atoms with van der Waals surface area (Å²) in [5.41, 5.74) is 0.795. The number of ether oxygens (including phenoxy) is 2. The number of nitrogens with one attached hydrogen (secondary N) is 1. The van der Waals surface area contributed by atoms with E-state index < -0.39 is 11.3 Å². The van der Waals surface area contributed by atoms with E-state index in [0.717, 1.165) is 34.5 Å². The Morgan fingerprint density at radius 2 is 1.92 bits per heavy atom. The van der Waals surface area contributed by atoms with Crippen LogP contribution in [0.1, 0.15) is 12.8 Å². The second-order valence-corrected chi connectivity index (χ2v) is 6.43. The van der Waals surface area contributed by atoms with Crippen molar-refractivity contribution in [1.29, 1.82) is 0 Å². The van der Waals surface area contributed by atoms with E-state index in [1.165, 1.54) is 6.33 Å². The molecule has 0 aliphatic heterocycles. The number of unbranched alkanes of at least 4 members (excludes halogenated alkanes) is 1. The van der Waals surface area contributed by atoms with Crippen molar-refractivity contribution in [3.05, 3.63) is 18.5 Å². The highest BCUT2D eigenvalue weighted by atomic mass is 35.5. The van der Waals surface area contributed by atoms with Crippen molar-refractivity contribution < 1.29 is 18.2 Å². The van der Waals surface area contributed by atoms with Gasteiger partial charge < -0.3 is 14.0 Å². The molecule has 1 unspecified atom stereocenters. The maximum atomic E-state index is 10.4. The smallest absolute Gasteiger partial charge is 0.162 e. The fraction of sp³-hybridized carbons (Fsp3) is 0.429. The summed E-state index contributed by atoms with van der Waals surface area (Å²) in [6, 6.07) is 3.70. The molecule has 0 saturated carbocycles. The lowest BCUT2D eigenvalue weighted by Gasteiger charge is -2.10. The van der Waals surface area contributed by atoms with Crippen LogP contribution in [0.25, 0.3) is 10.9 Å². The monoisotopic (exact) mass is 392 g/mol. The molecule has 24 heavy (non-hydrogen) atoms. The van der Waals surface area contributed by atoms with Gasteiger partial charge >= 0.3 is 0 Å². The van der Waals surface area contributed by atoms with Crippen LogP contribution in [0.5, 0.6) is 11.5 Å². The van der Waals surface area contributed by atoms with Crippen LogP contribution in [0.15, 0.2) is 23.5 Å². The van der Waals surface area contributed by atoms with Crippen molar-refractivity contribution >= 4 is 46.3 Å². The molecule has 1 aromatic heterocycles. The minimum absolute atomic E-state index is 0. The van der Waals surface area contributed by atoms with Crippen LogP contribution >= 0.6 is 24.2 Å². The van der Waals surface area contributed by atoms with Gasteiger partial charge in [-0.25, -0.2) is 14.7 Å². The number of halogens is 1. The zero-order chi connectivity index (χ0) is 16.7. The number of nitrogens with zero attached hydrogens (tertiary/aromatic N) is 2. The number of fused-ring (bicyclic) bond motifs is 1. The molecule has 1 heterocycles. The van der Waals surface area contributed by atoms with Crippen LogP contribution in [0.4, 0.5) is 0 Å². The third-order valence-corrected chi connectivity index (χ3v) is 4.67. The highest BCUT2D eigenvalue weighted by Gasteiger charge is 2.11. The van der Waals surface area contributed by atoms with E-state index in [-0.39, 0.29) is 12.4 Å². The van der Waals surface area contributed by atoms with Crippen molar-refractivity contribution in [1.82, 2.24) is 14.7 Å². The Balaban J connectivity index is 0.00000288. The van der Waals surface area contributed by atoms with Gasteiger partial charge in [0.2, 0.25) is 0 Å². The average molecular weight is 393 g/mol. The standard InChI is InChI=1S/C14H19N3O4S2.ClH/c1-20-12-7-10-11(8-13(12)21-2)15-9-16-14(10)22-6-4-3-5-17-23(18)19;/h7-9,17H,3-6H2,1-2H3,(H,18,19);1H/p-1. The largest absolute Gasteiger partial charge is 0.760 e. The topological polar surface area (TPSA) is 96.4 Å². The summed E-state index contributed by atoms with van der Waals surface area (Å²) >= 11 is -0.574. The van der Waals surface area contributed by atoms with Crippen molar-refractivity contribution in [2.24, 2.45) is 0 Å². The molecule has 0 bridgehead atoms. The first-order valence-electron chi connectivity index (χ1n) is 6.98. The van der Waals surface area contributed by atoms with Gasteiger partial charge in [0.05, 0.1) is 19.7 Å². The Hall–Kier alpha value is -1.13. The Morgan fingerprint density at radius 1 is 1.21 bits per heavy atom. The summed E-state index contributed by atoms with van der Waals surface area (Å²) in [6.07, 6.45) is 3.19. The number of rotatable bonds is 9.